The van der Waals surface area contributed by atoms with Crippen molar-refractivity contribution in [2.75, 3.05) is 0 Å². The van der Waals surface area contributed by atoms with Crippen LogP contribution in [0.15, 0.2) is 84.9 Å². The van der Waals surface area contributed by atoms with Gasteiger partial charge in [-0.05, 0) is 35.7 Å². The molecule has 0 heterocycles. The van der Waals surface area contributed by atoms with Crippen molar-refractivity contribution >= 4 is 8.60 Å². The lowest BCUT2D eigenvalue weighted by atomic mass is 9.86. The fourth-order valence-electron chi connectivity index (χ4n) is 2.44. The highest BCUT2D eigenvalue weighted by atomic mass is 31.2. The van der Waals surface area contributed by atoms with Crippen molar-refractivity contribution in [1.82, 2.24) is 0 Å². The average Bonchev–Trinajstić information content (AvgIpc) is 2.63. The average molecular weight is 366 g/mol. The molecule has 3 aromatic carbocycles. The van der Waals surface area contributed by atoms with Crippen LogP contribution in [0.4, 0.5) is 0 Å². The van der Waals surface area contributed by atoms with Crippen LogP contribution >= 0.6 is 8.60 Å². The fourth-order valence-corrected chi connectivity index (χ4v) is 3.46. The summed E-state index contributed by atoms with van der Waals surface area (Å²) in [4.78, 5) is 0. The number of rotatable bonds is 6. The van der Waals surface area contributed by atoms with Crippen LogP contribution in [0.1, 0.15) is 26.3 Å². The van der Waals surface area contributed by atoms with Crippen LogP contribution in [-0.2, 0) is 5.41 Å². The highest BCUT2D eigenvalue weighted by Gasteiger charge is 2.25. The molecule has 0 saturated carbocycles. The third-order valence-corrected chi connectivity index (χ3v) is 4.78. The summed E-state index contributed by atoms with van der Waals surface area (Å²) >= 11 is 0. The van der Waals surface area contributed by atoms with Gasteiger partial charge in [0.1, 0.15) is 17.2 Å². The molecule has 0 fully saturated rings. The lowest BCUT2D eigenvalue weighted by Crippen LogP contribution is -2.13. The maximum absolute atomic E-state index is 6.20. The van der Waals surface area contributed by atoms with Crippen molar-refractivity contribution in [1.29, 1.82) is 0 Å². The van der Waals surface area contributed by atoms with Gasteiger partial charge in [0.2, 0.25) is 0 Å². The van der Waals surface area contributed by atoms with E-state index < -0.39 is 8.60 Å². The summed E-state index contributed by atoms with van der Waals surface area (Å²) in [5.74, 6) is 2.20. The van der Waals surface area contributed by atoms with Gasteiger partial charge in [-0.1, -0.05) is 75.4 Å². The first-order valence-electron chi connectivity index (χ1n) is 8.56. The van der Waals surface area contributed by atoms with Crippen LogP contribution in [-0.4, -0.2) is 0 Å². The molecular formula is C22H23O3P. The molecular weight excluding hydrogens is 343 g/mol. The SMILES string of the molecule is CC(C)(C)c1ccccc1OP(Oc1ccccc1)Oc1ccccc1. The maximum Gasteiger partial charge on any atom is 0.530 e. The maximum atomic E-state index is 6.20. The van der Waals surface area contributed by atoms with E-state index in [9.17, 15) is 0 Å². The lowest BCUT2D eigenvalue weighted by Gasteiger charge is -2.24. The Hall–Kier alpha value is -2.51. The summed E-state index contributed by atoms with van der Waals surface area (Å²) in [7, 11) is -1.65. The third-order valence-electron chi connectivity index (χ3n) is 3.71. The molecule has 0 saturated heterocycles. The summed E-state index contributed by atoms with van der Waals surface area (Å²) in [6.45, 7) is 6.48. The molecule has 0 aliphatic heterocycles. The Morgan fingerprint density at radius 2 is 1.04 bits per heavy atom. The second-order valence-electron chi connectivity index (χ2n) is 6.87. The molecule has 0 unspecified atom stereocenters. The van der Waals surface area contributed by atoms with E-state index in [1.165, 1.54) is 0 Å². The van der Waals surface area contributed by atoms with E-state index in [2.05, 4.69) is 26.8 Å². The van der Waals surface area contributed by atoms with Crippen LogP contribution in [0, 0.1) is 0 Å². The summed E-state index contributed by atoms with van der Waals surface area (Å²) in [5.41, 5.74) is 1.07. The smallest absolute Gasteiger partial charge is 0.409 e. The van der Waals surface area contributed by atoms with Gasteiger partial charge < -0.3 is 13.6 Å². The second kappa shape index (κ2) is 8.25. The molecule has 3 nitrogen and oxygen atoms in total. The van der Waals surface area contributed by atoms with Crippen LogP contribution in [0.5, 0.6) is 17.2 Å². The van der Waals surface area contributed by atoms with E-state index >= 15 is 0 Å². The third kappa shape index (κ3) is 5.00. The van der Waals surface area contributed by atoms with E-state index in [-0.39, 0.29) is 5.41 Å². The van der Waals surface area contributed by atoms with Crippen molar-refractivity contribution < 1.29 is 13.6 Å². The zero-order valence-electron chi connectivity index (χ0n) is 15.3. The first kappa shape index (κ1) is 18.3. The van der Waals surface area contributed by atoms with Crippen LogP contribution in [0.2, 0.25) is 0 Å². The molecule has 0 bridgehead atoms. The molecule has 0 amide bonds. The molecule has 26 heavy (non-hydrogen) atoms. The standard InChI is InChI=1S/C22H23O3P/c1-22(2,3)20-16-10-11-17-21(20)25-26(23-18-12-6-4-7-13-18)24-19-14-8-5-9-15-19/h4-17H,1-3H3. The molecule has 134 valence electrons. The van der Waals surface area contributed by atoms with E-state index in [4.69, 9.17) is 13.6 Å². The number of para-hydroxylation sites is 3. The predicted molar refractivity (Wildman–Crippen MR) is 107 cm³/mol. The van der Waals surface area contributed by atoms with E-state index in [1.54, 1.807) is 0 Å². The highest BCUT2D eigenvalue weighted by molar-refractivity contribution is 7.43. The molecule has 3 rings (SSSR count). The number of hydrogen-bond donors (Lipinski definition) is 0. The normalized spacial score (nSPS) is 11.2. The minimum Gasteiger partial charge on any atom is -0.409 e. The van der Waals surface area contributed by atoms with Gasteiger partial charge in [0.15, 0.2) is 0 Å². The monoisotopic (exact) mass is 366 g/mol. The minimum atomic E-state index is -1.65. The summed E-state index contributed by atoms with van der Waals surface area (Å²) < 4.78 is 18.2. The Morgan fingerprint density at radius 3 is 1.54 bits per heavy atom. The van der Waals surface area contributed by atoms with Gasteiger partial charge in [0.05, 0.1) is 0 Å². The van der Waals surface area contributed by atoms with Crippen molar-refractivity contribution in [3.63, 3.8) is 0 Å². The predicted octanol–water partition coefficient (Wildman–Crippen LogP) is 6.75. The molecule has 0 spiro atoms. The Balaban J connectivity index is 1.86. The highest BCUT2D eigenvalue weighted by Crippen LogP contribution is 2.44. The minimum absolute atomic E-state index is 0.0446. The van der Waals surface area contributed by atoms with Gasteiger partial charge >= 0.3 is 8.60 Å². The summed E-state index contributed by atoms with van der Waals surface area (Å²) in [6.07, 6.45) is 0. The Labute approximate surface area is 156 Å². The zero-order chi connectivity index (χ0) is 18.4. The van der Waals surface area contributed by atoms with Gasteiger partial charge in [-0.15, -0.1) is 0 Å². The van der Waals surface area contributed by atoms with Crippen LogP contribution < -0.4 is 13.6 Å². The summed E-state index contributed by atoms with van der Waals surface area (Å²) in [6, 6.07) is 27.2. The Kier molecular flexibility index (Phi) is 5.80. The van der Waals surface area contributed by atoms with Crippen molar-refractivity contribution in [2.24, 2.45) is 0 Å². The Morgan fingerprint density at radius 1 is 0.577 bits per heavy atom. The van der Waals surface area contributed by atoms with Gasteiger partial charge in [-0.3, -0.25) is 0 Å². The molecule has 3 aromatic rings. The first-order valence-corrected chi connectivity index (χ1v) is 9.65. The fraction of sp³-hybridized carbons (Fsp3) is 0.182. The first-order chi connectivity index (χ1) is 12.5. The van der Waals surface area contributed by atoms with Crippen molar-refractivity contribution in [2.45, 2.75) is 26.2 Å². The van der Waals surface area contributed by atoms with Gasteiger partial charge in [-0.25, -0.2) is 0 Å². The summed E-state index contributed by atoms with van der Waals surface area (Å²) in [5, 5.41) is 0. The van der Waals surface area contributed by atoms with Gasteiger partial charge in [0, 0.05) is 5.56 Å². The van der Waals surface area contributed by atoms with Crippen molar-refractivity contribution in [3.8, 4) is 17.2 Å². The molecule has 4 heteroatoms. The van der Waals surface area contributed by atoms with Gasteiger partial charge in [-0.2, -0.15) is 0 Å². The molecule has 0 aliphatic rings. The number of hydrogen-bond acceptors (Lipinski definition) is 3. The molecule has 0 aliphatic carbocycles. The second-order valence-corrected chi connectivity index (χ2v) is 7.86. The molecule has 0 N–H and O–H groups in total. The quantitative estimate of drug-likeness (QED) is 0.452. The van der Waals surface area contributed by atoms with Crippen LogP contribution in [0.25, 0.3) is 0 Å². The molecule has 0 aromatic heterocycles. The van der Waals surface area contributed by atoms with Crippen LogP contribution in [0.3, 0.4) is 0 Å². The largest absolute Gasteiger partial charge is 0.530 e. The van der Waals surface area contributed by atoms with E-state index in [0.717, 1.165) is 11.3 Å². The topological polar surface area (TPSA) is 27.7 Å². The number of benzene rings is 3. The van der Waals surface area contributed by atoms with Gasteiger partial charge in [0.25, 0.3) is 0 Å². The van der Waals surface area contributed by atoms with Crippen molar-refractivity contribution in [3.05, 3.63) is 90.5 Å². The van der Waals surface area contributed by atoms with E-state index in [0.29, 0.717) is 11.5 Å². The van der Waals surface area contributed by atoms with E-state index in [1.807, 2.05) is 78.9 Å². The lowest BCUT2D eigenvalue weighted by molar-refractivity contribution is 0.382. The molecule has 0 radical (unpaired) electrons. The Bertz CT molecular complexity index is 772. The molecule has 0 atom stereocenters. The zero-order valence-corrected chi connectivity index (χ0v) is 16.1.